The lowest BCUT2D eigenvalue weighted by Crippen LogP contribution is -2.38. The van der Waals surface area contributed by atoms with Crippen LogP contribution in [0.2, 0.25) is 0 Å². The van der Waals surface area contributed by atoms with Gasteiger partial charge in [0, 0.05) is 13.2 Å². The van der Waals surface area contributed by atoms with E-state index in [9.17, 15) is 20.0 Å². The summed E-state index contributed by atoms with van der Waals surface area (Å²) in [5.41, 5.74) is 6.07. The van der Waals surface area contributed by atoms with Crippen LogP contribution in [0.25, 0.3) is 0 Å². The molecule has 1 unspecified atom stereocenters. The molecule has 0 saturated heterocycles. The first-order chi connectivity index (χ1) is 13.8. The second-order valence-electron chi connectivity index (χ2n) is 5.63. The summed E-state index contributed by atoms with van der Waals surface area (Å²) in [5.74, 6) is -1.07. The Morgan fingerprint density at radius 3 is 2.76 bits per heavy atom. The van der Waals surface area contributed by atoms with Gasteiger partial charge in [-0.05, 0) is 30.9 Å². The highest BCUT2D eigenvalue weighted by atomic mass is 32.2. The summed E-state index contributed by atoms with van der Waals surface area (Å²) in [4.78, 5) is 31.9. The van der Waals surface area contributed by atoms with Crippen molar-refractivity contribution in [3.8, 4) is 0 Å². The predicted octanol–water partition coefficient (Wildman–Crippen LogP) is 1.79. The molecule has 0 bridgehead atoms. The molecule has 0 aliphatic carbocycles. The van der Waals surface area contributed by atoms with Crippen molar-refractivity contribution in [3.05, 3.63) is 45.5 Å². The van der Waals surface area contributed by atoms with E-state index in [1.165, 1.54) is 12.0 Å². The molecule has 156 valence electrons. The number of aliphatic hydroxyl groups excluding tert-OH is 1. The van der Waals surface area contributed by atoms with E-state index in [1.807, 2.05) is 0 Å². The van der Waals surface area contributed by atoms with Crippen LogP contribution in [0.3, 0.4) is 0 Å². The number of anilines is 2. The minimum atomic E-state index is -1.55. The first-order valence-corrected chi connectivity index (χ1v) is 9.64. The molecule has 0 aliphatic heterocycles. The number of aromatic nitrogens is 2. The summed E-state index contributed by atoms with van der Waals surface area (Å²) < 4.78 is 9.94. The maximum absolute atomic E-state index is 11.8. The summed E-state index contributed by atoms with van der Waals surface area (Å²) >= 11 is 1.14. The molecule has 0 aliphatic rings. The Morgan fingerprint density at radius 2 is 2.17 bits per heavy atom. The molecule has 0 saturated carbocycles. The summed E-state index contributed by atoms with van der Waals surface area (Å²) in [6.07, 6.45) is 0.137. The van der Waals surface area contributed by atoms with Gasteiger partial charge in [-0.3, -0.25) is 15.0 Å². The first kappa shape index (κ1) is 22.3. The number of esters is 1. The molecular formula is C17H21N5O6S. The van der Waals surface area contributed by atoms with Crippen molar-refractivity contribution in [2.45, 2.75) is 25.0 Å². The summed E-state index contributed by atoms with van der Waals surface area (Å²) in [6, 6.07) is 6.42. The number of benzene rings is 1. The molecule has 1 atom stereocenters. The summed E-state index contributed by atoms with van der Waals surface area (Å²) in [6.45, 7) is 1.75. The van der Waals surface area contributed by atoms with Crippen molar-refractivity contribution in [2.24, 2.45) is 0 Å². The maximum atomic E-state index is 11.8. The lowest BCUT2D eigenvalue weighted by atomic mass is 10.1. The van der Waals surface area contributed by atoms with Crippen LogP contribution in [0.4, 0.5) is 17.3 Å². The van der Waals surface area contributed by atoms with Crippen LogP contribution in [0.15, 0.2) is 29.4 Å². The van der Waals surface area contributed by atoms with Crippen LogP contribution in [-0.2, 0) is 16.0 Å². The lowest BCUT2D eigenvalue weighted by Gasteiger charge is -2.28. The number of nitrogen functional groups attached to an aromatic ring is 1. The standard InChI is InChI=1S/C17H21N5O6S/c1-4-28-17(24)21(9-10-6-5-7-11(8-10)15(23)27-2)14-12(22(25)26)13(18)19-16(20-14)29-3/h5-8,17,24H,4,9H2,1-3H3,(H2,18,19,20). The fraction of sp³-hybridized carbons (Fsp3) is 0.353. The number of thioether (sulfide) groups is 1. The number of ether oxygens (including phenoxy) is 2. The Balaban J connectivity index is 2.56. The molecule has 3 N–H and O–H groups in total. The molecular weight excluding hydrogens is 402 g/mol. The fourth-order valence-corrected chi connectivity index (χ4v) is 2.88. The van der Waals surface area contributed by atoms with Gasteiger partial charge in [0.25, 0.3) is 0 Å². The predicted molar refractivity (Wildman–Crippen MR) is 106 cm³/mol. The van der Waals surface area contributed by atoms with E-state index in [0.29, 0.717) is 5.56 Å². The van der Waals surface area contributed by atoms with E-state index in [1.54, 1.807) is 37.4 Å². The molecule has 0 spiro atoms. The van der Waals surface area contributed by atoms with Crippen molar-refractivity contribution < 1.29 is 24.3 Å². The van der Waals surface area contributed by atoms with E-state index >= 15 is 0 Å². The van der Waals surface area contributed by atoms with E-state index in [4.69, 9.17) is 15.2 Å². The Hall–Kier alpha value is -2.96. The first-order valence-electron chi connectivity index (χ1n) is 8.41. The molecule has 1 aromatic heterocycles. The minimum Gasteiger partial charge on any atom is -0.465 e. The van der Waals surface area contributed by atoms with Crippen LogP contribution in [0.1, 0.15) is 22.8 Å². The molecule has 29 heavy (non-hydrogen) atoms. The maximum Gasteiger partial charge on any atom is 0.353 e. The van der Waals surface area contributed by atoms with Gasteiger partial charge in [0.05, 0.1) is 17.6 Å². The Kier molecular flexibility index (Phi) is 7.70. The lowest BCUT2D eigenvalue weighted by molar-refractivity contribution is -0.383. The van der Waals surface area contributed by atoms with E-state index < -0.39 is 23.0 Å². The Morgan fingerprint density at radius 1 is 1.45 bits per heavy atom. The van der Waals surface area contributed by atoms with Gasteiger partial charge in [0.15, 0.2) is 5.16 Å². The van der Waals surface area contributed by atoms with Crippen molar-refractivity contribution in [1.82, 2.24) is 9.97 Å². The highest BCUT2D eigenvalue weighted by molar-refractivity contribution is 7.98. The van der Waals surface area contributed by atoms with Crippen LogP contribution in [0, 0.1) is 10.1 Å². The molecule has 2 rings (SSSR count). The van der Waals surface area contributed by atoms with Crippen molar-refractivity contribution in [3.63, 3.8) is 0 Å². The van der Waals surface area contributed by atoms with Gasteiger partial charge in [0.1, 0.15) is 0 Å². The average molecular weight is 423 g/mol. The highest BCUT2D eigenvalue weighted by Gasteiger charge is 2.31. The summed E-state index contributed by atoms with van der Waals surface area (Å²) in [7, 11) is 1.26. The fourth-order valence-electron chi connectivity index (χ4n) is 2.51. The third kappa shape index (κ3) is 5.31. The smallest absolute Gasteiger partial charge is 0.353 e. The van der Waals surface area contributed by atoms with Gasteiger partial charge in [-0.15, -0.1) is 0 Å². The number of hydrogen-bond donors (Lipinski definition) is 2. The van der Waals surface area contributed by atoms with Gasteiger partial charge < -0.3 is 20.3 Å². The number of rotatable bonds is 9. The SMILES string of the molecule is CCOC(O)N(Cc1cccc(C(=O)OC)c1)c1nc(SC)nc(N)c1[N+](=O)[O-]. The Labute approximate surface area is 171 Å². The van der Waals surface area contributed by atoms with Gasteiger partial charge >= 0.3 is 11.7 Å². The van der Waals surface area contributed by atoms with Crippen LogP contribution in [-0.4, -0.2) is 52.4 Å². The third-order valence-corrected chi connectivity index (χ3v) is 4.34. The van der Waals surface area contributed by atoms with Gasteiger partial charge in [0.2, 0.25) is 18.0 Å². The van der Waals surface area contributed by atoms with Gasteiger partial charge in [-0.2, -0.15) is 9.97 Å². The van der Waals surface area contributed by atoms with E-state index in [-0.39, 0.29) is 35.5 Å². The minimum absolute atomic E-state index is 0.0584. The topological polar surface area (TPSA) is 154 Å². The molecule has 1 aromatic carbocycles. The largest absolute Gasteiger partial charge is 0.465 e. The molecule has 0 radical (unpaired) electrons. The number of carbonyl (C=O) groups excluding carboxylic acids is 1. The number of nitro groups is 1. The zero-order valence-corrected chi connectivity index (χ0v) is 16.9. The molecule has 0 amide bonds. The molecule has 1 heterocycles. The van der Waals surface area contributed by atoms with Crippen molar-refractivity contribution in [1.29, 1.82) is 0 Å². The number of carbonyl (C=O) groups is 1. The van der Waals surface area contributed by atoms with Crippen molar-refractivity contribution >= 4 is 35.1 Å². The molecule has 2 aromatic rings. The highest BCUT2D eigenvalue weighted by Crippen LogP contribution is 2.34. The number of nitrogens with zero attached hydrogens (tertiary/aromatic N) is 4. The molecule has 11 nitrogen and oxygen atoms in total. The normalized spacial score (nSPS) is 11.7. The Bertz CT molecular complexity index is 897. The van der Waals surface area contributed by atoms with Crippen LogP contribution >= 0.6 is 11.8 Å². The van der Waals surface area contributed by atoms with Crippen LogP contribution in [0.5, 0.6) is 0 Å². The summed E-state index contributed by atoms with van der Waals surface area (Å²) in [5, 5.41) is 22.3. The molecule has 12 heteroatoms. The van der Waals surface area contributed by atoms with E-state index in [2.05, 4.69) is 9.97 Å². The molecule has 0 fully saturated rings. The van der Waals surface area contributed by atoms with Crippen molar-refractivity contribution in [2.75, 3.05) is 30.6 Å². The van der Waals surface area contributed by atoms with Gasteiger partial charge in [-0.25, -0.2) is 4.79 Å². The number of aliphatic hydroxyl groups is 1. The monoisotopic (exact) mass is 423 g/mol. The second-order valence-corrected chi connectivity index (χ2v) is 6.40. The number of nitrogens with two attached hydrogens (primary N) is 1. The number of hydrogen-bond acceptors (Lipinski definition) is 11. The second kappa shape index (κ2) is 10.0. The number of methoxy groups -OCH3 is 1. The van der Waals surface area contributed by atoms with E-state index in [0.717, 1.165) is 11.8 Å². The zero-order chi connectivity index (χ0) is 21.6. The quantitative estimate of drug-likeness (QED) is 0.151. The third-order valence-electron chi connectivity index (χ3n) is 3.79. The van der Waals surface area contributed by atoms with Crippen LogP contribution < -0.4 is 10.6 Å². The zero-order valence-electron chi connectivity index (χ0n) is 16.1. The van der Waals surface area contributed by atoms with Gasteiger partial charge in [-0.1, -0.05) is 23.9 Å². The average Bonchev–Trinajstić information content (AvgIpc) is 2.70.